The first-order valence-corrected chi connectivity index (χ1v) is 12.9. The van der Waals surface area contributed by atoms with Gasteiger partial charge in [0.1, 0.15) is 5.75 Å². The van der Waals surface area contributed by atoms with Crippen molar-refractivity contribution in [2.45, 2.75) is 6.54 Å². The highest BCUT2D eigenvalue weighted by atomic mass is 35.5. The fourth-order valence-electron chi connectivity index (χ4n) is 4.78. The van der Waals surface area contributed by atoms with Gasteiger partial charge in [-0.3, -0.25) is 28.2 Å². The number of piperazine rings is 1. The standard InChI is InChI=1S/C27H30ClN7O4/c1-31-24-23(25(37)32(2)27(31)38)35(16-18-4-6-19(28)7-5-18)26(30-24)34-14-12-33(13-15-34)17-22(36)29-20-8-10-21(39-3)11-9-20/h4-11H,12-17H2,1-3H3,(H,29,36). The smallest absolute Gasteiger partial charge is 0.332 e. The third-order valence-electron chi connectivity index (χ3n) is 6.98. The molecule has 0 aliphatic carbocycles. The zero-order valence-corrected chi connectivity index (χ0v) is 22.8. The second-order valence-corrected chi connectivity index (χ2v) is 9.98. The Morgan fingerprint density at radius 3 is 2.28 bits per heavy atom. The molecule has 204 valence electrons. The van der Waals surface area contributed by atoms with Gasteiger partial charge in [-0.25, -0.2) is 4.79 Å². The van der Waals surface area contributed by atoms with Gasteiger partial charge in [0.15, 0.2) is 11.2 Å². The van der Waals surface area contributed by atoms with Gasteiger partial charge in [-0.1, -0.05) is 23.7 Å². The van der Waals surface area contributed by atoms with Crippen molar-refractivity contribution in [3.63, 3.8) is 0 Å². The lowest BCUT2D eigenvalue weighted by Gasteiger charge is -2.35. The molecule has 1 saturated heterocycles. The quantitative estimate of drug-likeness (QED) is 0.374. The van der Waals surface area contributed by atoms with Crippen LogP contribution >= 0.6 is 11.6 Å². The Hall–Kier alpha value is -4.09. The first-order chi connectivity index (χ1) is 18.7. The Balaban J connectivity index is 1.36. The van der Waals surface area contributed by atoms with Gasteiger partial charge in [0.05, 0.1) is 20.2 Å². The second kappa shape index (κ2) is 11.0. The second-order valence-electron chi connectivity index (χ2n) is 9.54. The Morgan fingerprint density at radius 2 is 1.64 bits per heavy atom. The summed E-state index contributed by atoms with van der Waals surface area (Å²) in [6.07, 6.45) is 0. The van der Waals surface area contributed by atoms with Crippen molar-refractivity contribution >= 4 is 40.3 Å². The molecule has 0 saturated carbocycles. The van der Waals surface area contributed by atoms with Crippen LogP contribution in [0.1, 0.15) is 5.56 Å². The molecule has 0 bridgehead atoms. The lowest BCUT2D eigenvalue weighted by molar-refractivity contribution is -0.117. The van der Waals surface area contributed by atoms with Crippen LogP contribution in [0, 0.1) is 0 Å². The molecule has 2 aromatic carbocycles. The minimum Gasteiger partial charge on any atom is -0.497 e. The van der Waals surface area contributed by atoms with Gasteiger partial charge >= 0.3 is 5.69 Å². The number of carbonyl (C=O) groups excluding carboxylic acids is 1. The topological polar surface area (TPSA) is 107 Å². The van der Waals surface area contributed by atoms with Crippen LogP contribution in [0.4, 0.5) is 11.6 Å². The summed E-state index contributed by atoms with van der Waals surface area (Å²) in [5, 5.41) is 3.54. The number of anilines is 2. The maximum absolute atomic E-state index is 13.2. The largest absolute Gasteiger partial charge is 0.497 e. The highest BCUT2D eigenvalue weighted by molar-refractivity contribution is 6.30. The SMILES string of the molecule is COc1ccc(NC(=O)CN2CCN(c3nc4c(c(=O)n(C)c(=O)n4C)n3Cc3ccc(Cl)cc3)CC2)cc1. The monoisotopic (exact) mass is 551 g/mol. The van der Waals surface area contributed by atoms with Crippen molar-refractivity contribution < 1.29 is 9.53 Å². The van der Waals surface area contributed by atoms with Crippen LogP contribution in [-0.4, -0.2) is 69.3 Å². The number of aryl methyl sites for hydroxylation is 1. The van der Waals surface area contributed by atoms with Crippen molar-refractivity contribution in [2.24, 2.45) is 14.1 Å². The zero-order chi connectivity index (χ0) is 27.7. The Labute approximate surface area is 229 Å². The maximum Gasteiger partial charge on any atom is 0.332 e. The van der Waals surface area contributed by atoms with E-state index < -0.39 is 11.2 Å². The summed E-state index contributed by atoms with van der Waals surface area (Å²) in [6, 6.07) is 14.6. The molecule has 1 N–H and O–H groups in total. The number of ether oxygens (including phenoxy) is 1. The molecule has 1 fully saturated rings. The maximum atomic E-state index is 13.2. The average molecular weight is 552 g/mol. The van der Waals surface area contributed by atoms with E-state index in [-0.39, 0.29) is 12.5 Å². The van der Waals surface area contributed by atoms with Crippen LogP contribution in [0.5, 0.6) is 5.75 Å². The summed E-state index contributed by atoms with van der Waals surface area (Å²) in [5.41, 5.74) is 1.55. The first kappa shape index (κ1) is 26.5. The predicted molar refractivity (Wildman–Crippen MR) is 151 cm³/mol. The average Bonchev–Trinajstić information content (AvgIpc) is 3.32. The molecule has 1 aliphatic heterocycles. The van der Waals surface area contributed by atoms with Gasteiger partial charge in [0, 0.05) is 51.0 Å². The van der Waals surface area contributed by atoms with E-state index in [1.54, 1.807) is 50.6 Å². The van der Waals surface area contributed by atoms with E-state index in [9.17, 15) is 14.4 Å². The van der Waals surface area contributed by atoms with Crippen LogP contribution in [0.3, 0.4) is 0 Å². The van der Waals surface area contributed by atoms with E-state index in [0.29, 0.717) is 60.5 Å². The number of methoxy groups -OCH3 is 1. The van der Waals surface area contributed by atoms with Crippen LogP contribution in [-0.2, 0) is 25.4 Å². The Kier molecular flexibility index (Phi) is 7.45. The Bertz CT molecular complexity index is 1620. The molecule has 5 rings (SSSR count). The van der Waals surface area contributed by atoms with Crippen molar-refractivity contribution in [3.05, 3.63) is 80.0 Å². The molecule has 3 heterocycles. The van der Waals surface area contributed by atoms with Crippen molar-refractivity contribution in [2.75, 3.05) is 50.1 Å². The third-order valence-corrected chi connectivity index (χ3v) is 7.23. The number of fused-ring (bicyclic) bond motifs is 1. The summed E-state index contributed by atoms with van der Waals surface area (Å²) in [6.45, 7) is 3.13. The number of carbonyl (C=O) groups is 1. The molecule has 1 amide bonds. The molecular formula is C27H30ClN7O4. The minimum absolute atomic E-state index is 0.0953. The fraction of sp³-hybridized carbons (Fsp3) is 0.333. The van der Waals surface area contributed by atoms with E-state index in [2.05, 4.69) is 15.1 Å². The van der Waals surface area contributed by atoms with E-state index >= 15 is 0 Å². The molecule has 12 heteroatoms. The van der Waals surface area contributed by atoms with E-state index in [4.69, 9.17) is 21.3 Å². The lowest BCUT2D eigenvalue weighted by Crippen LogP contribution is -2.49. The van der Waals surface area contributed by atoms with Crippen LogP contribution in [0.25, 0.3) is 11.2 Å². The van der Waals surface area contributed by atoms with Crippen molar-refractivity contribution in [1.82, 2.24) is 23.6 Å². The number of amides is 1. The summed E-state index contributed by atoms with van der Waals surface area (Å²) in [4.78, 5) is 47.4. The molecular weight excluding hydrogens is 522 g/mol. The molecule has 4 aromatic rings. The van der Waals surface area contributed by atoms with Crippen LogP contribution in [0.15, 0.2) is 58.1 Å². The number of hydrogen-bond donors (Lipinski definition) is 1. The predicted octanol–water partition coefficient (Wildman–Crippen LogP) is 1.90. The first-order valence-electron chi connectivity index (χ1n) is 12.6. The lowest BCUT2D eigenvalue weighted by atomic mass is 10.2. The summed E-state index contributed by atoms with van der Waals surface area (Å²) >= 11 is 6.08. The summed E-state index contributed by atoms with van der Waals surface area (Å²) in [5.74, 6) is 1.24. The van der Waals surface area contributed by atoms with E-state index in [0.717, 1.165) is 15.9 Å². The number of nitrogens with zero attached hydrogens (tertiary/aromatic N) is 6. The van der Waals surface area contributed by atoms with Crippen LogP contribution < -0.4 is 26.2 Å². The van der Waals surface area contributed by atoms with Gasteiger partial charge in [0.2, 0.25) is 11.9 Å². The van der Waals surface area contributed by atoms with E-state index in [1.807, 2.05) is 16.7 Å². The van der Waals surface area contributed by atoms with Gasteiger partial charge in [-0.15, -0.1) is 0 Å². The molecule has 0 atom stereocenters. The van der Waals surface area contributed by atoms with Crippen molar-refractivity contribution in [1.29, 1.82) is 0 Å². The molecule has 39 heavy (non-hydrogen) atoms. The molecule has 2 aromatic heterocycles. The number of nitrogens with one attached hydrogen (secondary N) is 1. The number of rotatable bonds is 7. The van der Waals surface area contributed by atoms with Gasteiger partial charge in [-0.2, -0.15) is 4.98 Å². The number of aromatic nitrogens is 4. The van der Waals surface area contributed by atoms with Crippen molar-refractivity contribution in [3.8, 4) is 5.75 Å². The number of hydrogen-bond acceptors (Lipinski definition) is 7. The van der Waals surface area contributed by atoms with Crippen LogP contribution in [0.2, 0.25) is 5.02 Å². The molecule has 0 radical (unpaired) electrons. The minimum atomic E-state index is -0.428. The molecule has 11 nitrogen and oxygen atoms in total. The number of imidazole rings is 1. The zero-order valence-electron chi connectivity index (χ0n) is 22.1. The summed E-state index contributed by atoms with van der Waals surface area (Å²) < 4.78 is 9.53. The number of benzene rings is 2. The fourth-order valence-corrected chi connectivity index (χ4v) is 4.91. The van der Waals surface area contributed by atoms with Gasteiger partial charge < -0.3 is 15.0 Å². The van der Waals surface area contributed by atoms with Gasteiger partial charge in [0.25, 0.3) is 5.56 Å². The third kappa shape index (κ3) is 5.41. The normalized spacial score (nSPS) is 14.1. The van der Waals surface area contributed by atoms with Gasteiger partial charge in [-0.05, 0) is 42.0 Å². The number of halogens is 1. The highest BCUT2D eigenvalue weighted by Crippen LogP contribution is 2.23. The summed E-state index contributed by atoms with van der Waals surface area (Å²) in [7, 11) is 4.69. The molecule has 0 unspecified atom stereocenters. The highest BCUT2D eigenvalue weighted by Gasteiger charge is 2.26. The molecule has 0 spiro atoms. The van der Waals surface area contributed by atoms with E-state index in [1.165, 1.54) is 11.6 Å². The Morgan fingerprint density at radius 1 is 0.974 bits per heavy atom. The molecule has 1 aliphatic rings.